The molecule has 6 nitrogen and oxygen atoms in total. The Morgan fingerprint density at radius 1 is 1.29 bits per heavy atom. The zero-order valence-electron chi connectivity index (χ0n) is 11.7. The molecule has 6 heteroatoms. The Bertz CT molecular complexity index is 717. The van der Waals surface area contributed by atoms with Crippen LogP contribution in [0.2, 0.25) is 0 Å². The standard InChI is InChI=1S/C15H18N4O2/c16-11-5-7-18(8-6-11)14(20)9-19-10-17-13-4-2-1-3-12(13)15(19)21/h1-4,10-11H,5-9,16H2. The van der Waals surface area contributed by atoms with E-state index in [1.54, 1.807) is 23.1 Å². The zero-order valence-corrected chi connectivity index (χ0v) is 11.7. The molecule has 1 saturated heterocycles. The lowest BCUT2D eigenvalue weighted by atomic mass is 10.1. The maximum atomic E-state index is 12.3. The van der Waals surface area contributed by atoms with Crippen LogP contribution in [0.4, 0.5) is 0 Å². The molecule has 21 heavy (non-hydrogen) atoms. The Morgan fingerprint density at radius 3 is 2.76 bits per heavy atom. The Morgan fingerprint density at radius 2 is 2.00 bits per heavy atom. The minimum Gasteiger partial charge on any atom is -0.341 e. The summed E-state index contributed by atoms with van der Waals surface area (Å²) in [4.78, 5) is 30.6. The van der Waals surface area contributed by atoms with E-state index in [0.29, 0.717) is 24.0 Å². The van der Waals surface area contributed by atoms with Gasteiger partial charge in [0.25, 0.3) is 5.56 Å². The van der Waals surface area contributed by atoms with Crippen molar-refractivity contribution in [3.63, 3.8) is 0 Å². The molecule has 3 rings (SSSR count). The van der Waals surface area contributed by atoms with Crippen LogP contribution in [0.3, 0.4) is 0 Å². The van der Waals surface area contributed by atoms with Gasteiger partial charge in [-0.15, -0.1) is 0 Å². The summed E-state index contributed by atoms with van der Waals surface area (Å²) in [6.45, 7) is 1.36. The second-order valence-electron chi connectivity index (χ2n) is 5.41. The maximum absolute atomic E-state index is 12.3. The fourth-order valence-electron chi connectivity index (χ4n) is 2.61. The van der Waals surface area contributed by atoms with Gasteiger partial charge < -0.3 is 10.6 Å². The van der Waals surface area contributed by atoms with Gasteiger partial charge in [-0.1, -0.05) is 12.1 Å². The molecular weight excluding hydrogens is 268 g/mol. The van der Waals surface area contributed by atoms with Crippen LogP contribution in [-0.4, -0.2) is 39.5 Å². The molecular formula is C15H18N4O2. The van der Waals surface area contributed by atoms with E-state index in [4.69, 9.17) is 5.73 Å². The van der Waals surface area contributed by atoms with Crippen molar-refractivity contribution in [1.82, 2.24) is 14.5 Å². The van der Waals surface area contributed by atoms with Gasteiger partial charge in [0, 0.05) is 19.1 Å². The van der Waals surface area contributed by atoms with Gasteiger partial charge in [-0.05, 0) is 25.0 Å². The zero-order chi connectivity index (χ0) is 14.8. The predicted octanol–water partition coefficient (Wildman–Crippen LogP) is 0.346. The van der Waals surface area contributed by atoms with Crippen molar-refractivity contribution in [2.45, 2.75) is 25.4 Å². The molecule has 1 aromatic carbocycles. The lowest BCUT2D eigenvalue weighted by Gasteiger charge is -2.30. The highest BCUT2D eigenvalue weighted by atomic mass is 16.2. The van der Waals surface area contributed by atoms with E-state index in [1.165, 1.54) is 10.9 Å². The SMILES string of the molecule is NC1CCN(C(=O)Cn2cnc3ccccc3c2=O)CC1. The third-order valence-electron chi connectivity index (χ3n) is 3.93. The summed E-state index contributed by atoms with van der Waals surface area (Å²) >= 11 is 0. The first kappa shape index (κ1) is 13.8. The quantitative estimate of drug-likeness (QED) is 0.863. The number of rotatable bonds is 2. The summed E-state index contributed by atoms with van der Waals surface area (Å²) in [5.74, 6) is -0.0546. The van der Waals surface area contributed by atoms with E-state index in [2.05, 4.69) is 4.98 Å². The number of hydrogen-bond donors (Lipinski definition) is 1. The van der Waals surface area contributed by atoms with Gasteiger partial charge in [-0.25, -0.2) is 4.98 Å². The number of piperidine rings is 1. The Balaban J connectivity index is 1.80. The number of hydrogen-bond acceptors (Lipinski definition) is 4. The summed E-state index contributed by atoms with van der Waals surface area (Å²) in [6, 6.07) is 7.32. The summed E-state index contributed by atoms with van der Waals surface area (Å²) in [7, 11) is 0. The molecule has 0 spiro atoms. The fourth-order valence-corrected chi connectivity index (χ4v) is 2.61. The number of carbonyl (C=O) groups is 1. The van der Waals surface area contributed by atoms with Crippen LogP contribution in [0.25, 0.3) is 10.9 Å². The molecule has 1 aliphatic heterocycles. The van der Waals surface area contributed by atoms with Gasteiger partial charge >= 0.3 is 0 Å². The number of aromatic nitrogens is 2. The van der Waals surface area contributed by atoms with Crippen LogP contribution in [0.15, 0.2) is 35.4 Å². The molecule has 0 saturated carbocycles. The lowest BCUT2D eigenvalue weighted by molar-refractivity contribution is -0.132. The van der Waals surface area contributed by atoms with Gasteiger partial charge in [0.2, 0.25) is 5.91 Å². The highest BCUT2D eigenvalue weighted by molar-refractivity contribution is 5.79. The minimum absolute atomic E-state index is 0.0336. The van der Waals surface area contributed by atoms with E-state index >= 15 is 0 Å². The minimum atomic E-state index is -0.178. The predicted molar refractivity (Wildman–Crippen MR) is 79.8 cm³/mol. The third-order valence-corrected chi connectivity index (χ3v) is 3.93. The van der Waals surface area contributed by atoms with Crippen molar-refractivity contribution in [1.29, 1.82) is 0 Å². The van der Waals surface area contributed by atoms with Gasteiger partial charge in [0.05, 0.1) is 17.2 Å². The first-order valence-corrected chi connectivity index (χ1v) is 7.12. The Kier molecular flexibility index (Phi) is 3.70. The Labute approximate surface area is 122 Å². The third kappa shape index (κ3) is 2.80. The van der Waals surface area contributed by atoms with E-state index in [9.17, 15) is 9.59 Å². The number of para-hydroxylation sites is 1. The van der Waals surface area contributed by atoms with Crippen LogP contribution >= 0.6 is 0 Å². The molecule has 2 aromatic rings. The maximum Gasteiger partial charge on any atom is 0.261 e. The summed E-state index contributed by atoms with van der Waals surface area (Å²) in [6.07, 6.45) is 3.07. The van der Waals surface area contributed by atoms with E-state index < -0.39 is 0 Å². The topological polar surface area (TPSA) is 81.2 Å². The molecule has 0 aliphatic carbocycles. The molecule has 1 amide bonds. The number of likely N-dealkylation sites (tertiary alicyclic amines) is 1. The summed E-state index contributed by atoms with van der Waals surface area (Å²) < 4.78 is 1.37. The molecule has 0 atom stereocenters. The van der Waals surface area contributed by atoms with Crippen molar-refractivity contribution in [2.75, 3.05) is 13.1 Å². The molecule has 2 heterocycles. The van der Waals surface area contributed by atoms with Crippen LogP contribution in [0, 0.1) is 0 Å². The molecule has 110 valence electrons. The molecule has 1 aromatic heterocycles. The van der Waals surface area contributed by atoms with Crippen molar-refractivity contribution >= 4 is 16.8 Å². The molecule has 2 N–H and O–H groups in total. The average molecular weight is 286 g/mol. The second-order valence-corrected chi connectivity index (χ2v) is 5.41. The van der Waals surface area contributed by atoms with Gasteiger partial charge in [0.15, 0.2) is 0 Å². The number of nitrogens with two attached hydrogens (primary N) is 1. The number of fused-ring (bicyclic) bond motifs is 1. The van der Waals surface area contributed by atoms with Crippen molar-refractivity contribution in [2.24, 2.45) is 5.73 Å². The Hall–Kier alpha value is -2.21. The van der Waals surface area contributed by atoms with E-state index in [1.807, 2.05) is 6.07 Å². The van der Waals surface area contributed by atoms with Crippen molar-refractivity contribution in [3.05, 3.63) is 40.9 Å². The molecule has 0 radical (unpaired) electrons. The molecule has 0 unspecified atom stereocenters. The van der Waals surface area contributed by atoms with Gasteiger partial charge in [0.1, 0.15) is 6.54 Å². The number of nitrogens with zero attached hydrogens (tertiary/aromatic N) is 3. The molecule has 1 aliphatic rings. The largest absolute Gasteiger partial charge is 0.341 e. The average Bonchev–Trinajstić information content (AvgIpc) is 2.51. The number of amides is 1. The monoisotopic (exact) mass is 286 g/mol. The molecule has 0 bridgehead atoms. The van der Waals surface area contributed by atoms with Crippen LogP contribution < -0.4 is 11.3 Å². The van der Waals surface area contributed by atoms with Gasteiger partial charge in [-0.3, -0.25) is 14.2 Å². The van der Waals surface area contributed by atoms with E-state index in [0.717, 1.165) is 12.8 Å². The first-order chi connectivity index (χ1) is 10.1. The lowest BCUT2D eigenvalue weighted by Crippen LogP contribution is -2.44. The van der Waals surface area contributed by atoms with E-state index in [-0.39, 0.29) is 24.1 Å². The number of benzene rings is 1. The van der Waals surface area contributed by atoms with Crippen LogP contribution in [0.1, 0.15) is 12.8 Å². The van der Waals surface area contributed by atoms with Crippen LogP contribution in [0.5, 0.6) is 0 Å². The van der Waals surface area contributed by atoms with Gasteiger partial charge in [-0.2, -0.15) is 0 Å². The van der Waals surface area contributed by atoms with Crippen LogP contribution in [-0.2, 0) is 11.3 Å². The first-order valence-electron chi connectivity index (χ1n) is 7.12. The smallest absolute Gasteiger partial charge is 0.261 e. The second kappa shape index (κ2) is 5.65. The molecule has 1 fully saturated rings. The highest BCUT2D eigenvalue weighted by Gasteiger charge is 2.21. The fraction of sp³-hybridized carbons (Fsp3) is 0.400. The number of carbonyl (C=O) groups excluding carboxylic acids is 1. The van der Waals surface area contributed by atoms with Crippen molar-refractivity contribution < 1.29 is 4.79 Å². The highest BCUT2D eigenvalue weighted by Crippen LogP contribution is 2.09. The normalized spacial score (nSPS) is 16.3. The van der Waals surface area contributed by atoms with Crippen molar-refractivity contribution in [3.8, 4) is 0 Å². The summed E-state index contributed by atoms with van der Waals surface area (Å²) in [5.41, 5.74) is 6.30. The summed E-state index contributed by atoms with van der Waals surface area (Å²) in [5, 5.41) is 0.536.